The number of nitrogens with one attached hydrogen (secondary N) is 1. The molecule has 1 saturated carbocycles. The Balaban J connectivity index is 1.64. The number of rotatable bonds is 8. The number of aryl methyl sites for hydroxylation is 1. The highest BCUT2D eigenvalue weighted by atomic mass is 16.6. The summed E-state index contributed by atoms with van der Waals surface area (Å²) in [6.45, 7) is 2.05. The van der Waals surface area contributed by atoms with Crippen molar-refractivity contribution in [1.82, 2.24) is 15.1 Å². The maximum absolute atomic E-state index is 13.8. The molecule has 2 aromatic carbocycles. The third-order valence-corrected chi connectivity index (χ3v) is 7.49. The molecule has 0 radical (unpaired) electrons. The number of hydrogen-bond donors (Lipinski definition) is 2. The number of non-ortho nitro benzene ring substituents is 1. The van der Waals surface area contributed by atoms with E-state index in [4.69, 9.17) is 0 Å². The van der Waals surface area contributed by atoms with Gasteiger partial charge in [-0.15, -0.1) is 0 Å². The van der Waals surface area contributed by atoms with Gasteiger partial charge in [-0.05, 0) is 49.9 Å². The third-order valence-electron chi connectivity index (χ3n) is 7.49. The fourth-order valence-electron chi connectivity index (χ4n) is 5.41. The predicted octanol–water partition coefficient (Wildman–Crippen LogP) is 3.37. The Morgan fingerprint density at radius 3 is 1.92 bits per heavy atom. The summed E-state index contributed by atoms with van der Waals surface area (Å²) in [6, 6.07) is 11.3. The van der Waals surface area contributed by atoms with Crippen LogP contribution < -0.4 is 5.32 Å². The smallest absolute Gasteiger partial charge is 0.305 e. The zero-order valence-electron chi connectivity index (χ0n) is 21.7. The lowest BCUT2D eigenvalue weighted by molar-refractivity contribution is -0.384. The number of nitro groups is 1. The number of benzene rings is 2. The van der Waals surface area contributed by atoms with Gasteiger partial charge in [0, 0.05) is 42.4 Å². The van der Waals surface area contributed by atoms with E-state index in [0.717, 1.165) is 37.7 Å². The van der Waals surface area contributed by atoms with Crippen LogP contribution in [0, 0.1) is 23.0 Å². The molecule has 2 unspecified atom stereocenters. The summed E-state index contributed by atoms with van der Waals surface area (Å²) in [7, 11) is 0. The minimum atomic E-state index is -1.30. The first kappa shape index (κ1) is 27.7. The van der Waals surface area contributed by atoms with Gasteiger partial charge in [0.1, 0.15) is 0 Å². The first-order valence-electron chi connectivity index (χ1n) is 13.1. The average molecular weight is 537 g/mol. The Morgan fingerprint density at radius 1 is 0.923 bits per heavy atom. The average Bonchev–Trinajstić information content (AvgIpc) is 3.38. The van der Waals surface area contributed by atoms with Crippen molar-refractivity contribution >= 4 is 29.4 Å². The molecule has 1 aliphatic heterocycles. The van der Waals surface area contributed by atoms with E-state index in [-0.39, 0.29) is 36.7 Å². The Hall–Kier alpha value is -4.28. The second-order valence-corrected chi connectivity index (χ2v) is 10.2. The standard InChI is InChI=1S/C28H32N4O7/c1-18-7-9-20(10-8-18)27(36)30-15-16-31(28(37)21-11-13-22(14-12-21)32(38)39)26(30)25(35)29-23(17-24(33)34)19-5-3-2-4-6-19/h7-14,19,23,26H,2-6,15-17H2,1H3,(H,29,35)(H,33,34). The van der Waals surface area contributed by atoms with E-state index in [0.29, 0.717) is 5.56 Å². The maximum Gasteiger partial charge on any atom is 0.305 e. The molecule has 1 saturated heterocycles. The summed E-state index contributed by atoms with van der Waals surface area (Å²) < 4.78 is 0. The number of amides is 3. The molecule has 2 fully saturated rings. The molecule has 2 aromatic rings. The fraction of sp³-hybridized carbons (Fsp3) is 0.429. The monoisotopic (exact) mass is 536 g/mol. The fourth-order valence-corrected chi connectivity index (χ4v) is 5.41. The molecular weight excluding hydrogens is 504 g/mol. The third kappa shape index (κ3) is 6.42. The molecule has 2 aliphatic rings. The summed E-state index contributed by atoms with van der Waals surface area (Å²) in [5.41, 5.74) is 1.28. The predicted molar refractivity (Wildman–Crippen MR) is 141 cm³/mol. The van der Waals surface area contributed by atoms with Gasteiger partial charge in [-0.3, -0.25) is 29.3 Å². The topological polar surface area (TPSA) is 150 Å². The van der Waals surface area contributed by atoms with E-state index in [1.807, 2.05) is 6.92 Å². The van der Waals surface area contributed by atoms with Crippen LogP contribution in [0.15, 0.2) is 48.5 Å². The van der Waals surface area contributed by atoms with Crippen LogP contribution in [0.2, 0.25) is 0 Å². The van der Waals surface area contributed by atoms with Crippen molar-refractivity contribution in [2.24, 2.45) is 5.92 Å². The van der Waals surface area contributed by atoms with Crippen LogP contribution in [0.5, 0.6) is 0 Å². The number of carboxylic acids is 1. The van der Waals surface area contributed by atoms with Crippen LogP contribution in [-0.4, -0.2) is 68.8 Å². The summed E-state index contributed by atoms with van der Waals surface area (Å²) in [5.74, 6) is -2.66. The SMILES string of the molecule is Cc1ccc(C(=O)N2CCN(C(=O)c3ccc([N+](=O)[O-])cc3)C2C(=O)NC(CC(=O)O)C2CCCCC2)cc1. The van der Waals surface area contributed by atoms with E-state index in [2.05, 4.69) is 5.32 Å². The Kier molecular flexibility index (Phi) is 8.58. The van der Waals surface area contributed by atoms with E-state index >= 15 is 0 Å². The van der Waals surface area contributed by atoms with E-state index in [1.54, 1.807) is 24.3 Å². The molecule has 0 aromatic heterocycles. The van der Waals surface area contributed by atoms with Gasteiger partial charge in [0.15, 0.2) is 6.17 Å². The molecule has 206 valence electrons. The first-order valence-corrected chi connectivity index (χ1v) is 13.1. The molecular formula is C28H32N4O7. The number of carboxylic acid groups (broad SMARTS) is 1. The molecule has 39 heavy (non-hydrogen) atoms. The van der Waals surface area contributed by atoms with Gasteiger partial charge in [-0.25, -0.2) is 0 Å². The summed E-state index contributed by atoms with van der Waals surface area (Å²) in [4.78, 5) is 65.5. The molecule has 0 bridgehead atoms. The molecule has 3 amide bonds. The molecule has 11 heteroatoms. The van der Waals surface area contributed by atoms with Crippen molar-refractivity contribution in [3.8, 4) is 0 Å². The zero-order valence-corrected chi connectivity index (χ0v) is 21.7. The minimum absolute atomic E-state index is 0.0136. The number of nitro benzene ring substituents is 1. The molecule has 1 aliphatic carbocycles. The number of carbonyl (C=O) groups excluding carboxylic acids is 3. The first-order chi connectivity index (χ1) is 18.7. The van der Waals surface area contributed by atoms with Gasteiger partial charge >= 0.3 is 5.97 Å². The zero-order chi connectivity index (χ0) is 28.1. The van der Waals surface area contributed by atoms with Gasteiger partial charge in [0.05, 0.1) is 11.3 Å². The van der Waals surface area contributed by atoms with Crippen molar-refractivity contribution in [3.63, 3.8) is 0 Å². The Labute approximate surface area is 225 Å². The van der Waals surface area contributed by atoms with E-state index in [1.165, 1.54) is 34.1 Å². The van der Waals surface area contributed by atoms with Crippen LogP contribution in [0.1, 0.15) is 64.8 Å². The van der Waals surface area contributed by atoms with Gasteiger partial charge in [-0.2, -0.15) is 0 Å². The van der Waals surface area contributed by atoms with Crippen LogP contribution in [-0.2, 0) is 9.59 Å². The Morgan fingerprint density at radius 2 is 1.44 bits per heavy atom. The van der Waals surface area contributed by atoms with Crippen LogP contribution in [0.4, 0.5) is 5.69 Å². The van der Waals surface area contributed by atoms with Crippen molar-refractivity contribution < 1.29 is 29.2 Å². The summed E-state index contributed by atoms with van der Waals surface area (Å²) in [6.07, 6.45) is 2.97. The number of hydrogen-bond acceptors (Lipinski definition) is 6. The second kappa shape index (κ2) is 12.1. The van der Waals surface area contributed by atoms with Gasteiger partial charge in [0.2, 0.25) is 0 Å². The lowest BCUT2D eigenvalue weighted by Gasteiger charge is -2.34. The molecule has 1 heterocycles. The highest BCUT2D eigenvalue weighted by molar-refractivity contribution is 6.02. The van der Waals surface area contributed by atoms with E-state index in [9.17, 15) is 34.4 Å². The van der Waals surface area contributed by atoms with Crippen LogP contribution in [0.3, 0.4) is 0 Å². The van der Waals surface area contributed by atoms with Crippen molar-refractivity contribution in [2.45, 2.75) is 57.7 Å². The maximum atomic E-state index is 13.8. The number of aliphatic carboxylic acids is 1. The van der Waals surface area contributed by atoms with Crippen molar-refractivity contribution in [1.29, 1.82) is 0 Å². The molecule has 2 atom stereocenters. The van der Waals surface area contributed by atoms with Crippen molar-refractivity contribution in [2.75, 3.05) is 13.1 Å². The Bertz CT molecular complexity index is 1240. The van der Waals surface area contributed by atoms with Crippen molar-refractivity contribution in [3.05, 3.63) is 75.3 Å². The lowest BCUT2D eigenvalue weighted by Crippen LogP contribution is -2.56. The number of nitrogens with zero attached hydrogens (tertiary/aromatic N) is 3. The molecule has 2 N–H and O–H groups in total. The van der Waals surface area contributed by atoms with Gasteiger partial charge < -0.3 is 20.2 Å². The summed E-state index contributed by atoms with van der Waals surface area (Å²) in [5, 5.41) is 23.4. The molecule has 11 nitrogen and oxygen atoms in total. The van der Waals surface area contributed by atoms with Gasteiger partial charge in [0.25, 0.3) is 23.4 Å². The lowest BCUT2D eigenvalue weighted by atomic mass is 9.82. The summed E-state index contributed by atoms with van der Waals surface area (Å²) >= 11 is 0. The largest absolute Gasteiger partial charge is 0.481 e. The van der Waals surface area contributed by atoms with E-state index < -0.39 is 40.8 Å². The highest BCUT2D eigenvalue weighted by Gasteiger charge is 2.44. The van der Waals surface area contributed by atoms with Crippen LogP contribution >= 0.6 is 0 Å². The normalized spacial score (nSPS) is 18.4. The second-order valence-electron chi connectivity index (χ2n) is 10.2. The molecule has 4 rings (SSSR count). The molecule has 0 spiro atoms. The highest BCUT2D eigenvalue weighted by Crippen LogP contribution is 2.29. The quantitative estimate of drug-likeness (QED) is 0.388. The van der Waals surface area contributed by atoms with Crippen LogP contribution in [0.25, 0.3) is 0 Å². The number of carbonyl (C=O) groups is 4. The minimum Gasteiger partial charge on any atom is -0.481 e. The van der Waals surface area contributed by atoms with Gasteiger partial charge in [-0.1, -0.05) is 37.0 Å².